The molecule has 0 saturated heterocycles. The molecule has 3 N–H and O–H groups in total. The second kappa shape index (κ2) is 2.99. The normalized spacial score (nSPS) is 10.4. The van der Waals surface area contributed by atoms with E-state index in [0.717, 1.165) is 6.07 Å². The predicted molar refractivity (Wildman–Crippen MR) is 48.6 cm³/mol. The van der Waals surface area contributed by atoms with Crippen LogP contribution in [0.3, 0.4) is 0 Å². The number of nitrogens with two attached hydrogens (primary N) is 1. The quantitative estimate of drug-likeness (QED) is 0.640. The van der Waals surface area contributed by atoms with Crippen LogP contribution in [0.5, 0.6) is 0 Å². The highest BCUT2D eigenvalue weighted by Crippen LogP contribution is 2.15. The molecule has 0 aliphatic heterocycles. The number of nitrogens with zero attached hydrogens (tertiary/aromatic N) is 2. The fraction of sp³-hybridized carbons (Fsp3) is 0. The molecule has 5 nitrogen and oxygen atoms in total. The fourth-order valence-corrected chi connectivity index (χ4v) is 1.16. The van der Waals surface area contributed by atoms with E-state index in [0.29, 0.717) is 5.69 Å². The van der Waals surface area contributed by atoms with Crippen LogP contribution in [-0.4, -0.2) is 14.8 Å². The van der Waals surface area contributed by atoms with E-state index in [9.17, 15) is 9.18 Å². The zero-order valence-electron chi connectivity index (χ0n) is 7.07. The summed E-state index contributed by atoms with van der Waals surface area (Å²) in [7, 11) is 0. The van der Waals surface area contributed by atoms with Gasteiger partial charge < -0.3 is 5.73 Å². The van der Waals surface area contributed by atoms with Gasteiger partial charge in [0.25, 0.3) is 0 Å². The number of rotatable bonds is 1. The van der Waals surface area contributed by atoms with Gasteiger partial charge in [0.05, 0.1) is 11.4 Å². The summed E-state index contributed by atoms with van der Waals surface area (Å²) in [5, 5.41) is 5.75. The van der Waals surface area contributed by atoms with E-state index in [1.807, 2.05) is 0 Å². The first-order valence-electron chi connectivity index (χ1n) is 3.86. The number of hydrogen-bond donors (Lipinski definition) is 2. The van der Waals surface area contributed by atoms with Gasteiger partial charge in [-0.1, -0.05) is 0 Å². The molecule has 14 heavy (non-hydrogen) atoms. The van der Waals surface area contributed by atoms with Crippen molar-refractivity contribution < 1.29 is 4.39 Å². The first-order chi connectivity index (χ1) is 6.68. The third-order valence-corrected chi connectivity index (χ3v) is 1.80. The maximum atomic E-state index is 12.7. The van der Waals surface area contributed by atoms with Crippen LogP contribution in [0.4, 0.5) is 10.1 Å². The molecule has 6 heteroatoms. The van der Waals surface area contributed by atoms with E-state index in [4.69, 9.17) is 5.73 Å². The topological polar surface area (TPSA) is 76.7 Å². The largest absolute Gasteiger partial charge is 0.397 e. The molecule has 0 amide bonds. The standard InChI is InChI=1S/C8H7FN4O/c9-5-1-2-7(6(10)3-5)13-4-11-12-8(13)14/h1-4H,10H2,(H,12,14). The third-order valence-electron chi connectivity index (χ3n) is 1.80. The van der Waals surface area contributed by atoms with Gasteiger partial charge in [0.2, 0.25) is 0 Å². The third kappa shape index (κ3) is 1.26. The molecule has 0 fully saturated rings. The summed E-state index contributed by atoms with van der Waals surface area (Å²) in [6.07, 6.45) is 1.28. The lowest BCUT2D eigenvalue weighted by Gasteiger charge is -2.03. The van der Waals surface area contributed by atoms with Crippen LogP contribution < -0.4 is 11.4 Å². The van der Waals surface area contributed by atoms with Crippen molar-refractivity contribution >= 4 is 5.69 Å². The molecular formula is C8H7FN4O. The molecule has 0 aliphatic carbocycles. The van der Waals surface area contributed by atoms with Crippen LogP contribution in [0.25, 0.3) is 5.69 Å². The summed E-state index contributed by atoms with van der Waals surface area (Å²) in [6.45, 7) is 0. The SMILES string of the molecule is Nc1cc(F)ccc1-n1cn[nH]c1=O. The van der Waals surface area contributed by atoms with Crippen molar-refractivity contribution in [1.29, 1.82) is 0 Å². The minimum absolute atomic E-state index is 0.188. The molecule has 0 aliphatic rings. The molecule has 1 aromatic heterocycles. The van der Waals surface area contributed by atoms with Gasteiger partial charge in [-0.2, -0.15) is 5.10 Å². The van der Waals surface area contributed by atoms with Crippen molar-refractivity contribution in [3.05, 3.63) is 40.8 Å². The monoisotopic (exact) mass is 194 g/mol. The van der Waals surface area contributed by atoms with Gasteiger partial charge in [0.15, 0.2) is 0 Å². The highest BCUT2D eigenvalue weighted by Gasteiger charge is 2.05. The Bertz CT molecular complexity index is 516. The van der Waals surface area contributed by atoms with E-state index in [1.165, 1.54) is 23.0 Å². The molecule has 2 rings (SSSR count). The highest BCUT2D eigenvalue weighted by atomic mass is 19.1. The minimum atomic E-state index is -0.442. The molecule has 1 heterocycles. The number of benzene rings is 1. The number of hydrogen-bond acceptors (Lipinski definition) is 3. The number of aromatic nitrogens is 3. The van der Waals surface area contributed by atoms with Crippen molar-refractivity contribution in [3.8, 4) is 5.69 Å². The van der Waals surface area contributed by atoms with Crippen LogP contribution in [0.15, 0.2) is 29.3 Å². The lowest BCUT2D eigenvalue weighted by atomic mass is 10.2. The number of nitrogen functional groups attached to an aromatic ring is 1. The Morgan fingerprint density at radius 3 is 2.86 bits per heavy atom. The molecule has 0 atom stereocenters. The van der Waals surface area contributed by atoms with E-state index < -0.39 is 11.5 Å². The van der Waals surface area contributed by atoms with Crippen LogP contribution >= 0.6 is 0 Å². The Hall–Kier alpha value is -2.11. The van der Waals surface area contributed by atoms with Crippen LogP contribution in [0.2, 0.25) is 0 Å². The molecule has 0 unspecified atom stereocenters. The Balaban J connectivity index is 2.63. The van der Waals surface area contributed by atoms with Crippen molar-refractivity contribution in [2.24, 2.45) is 0 Å². The summed E-state index contributed by atoms with van der Waals surface area (Å²) >= 11 is 0. The van der Waals surface area contributed by atoms with Gasteiger partial charge in [0.1, 0.15) is 12.1 Å². The summed E-state index contributed by atoms with van der Waals surface area (Å²) in [5.74, 6) is -0.442. The summed E-state index contributed by atoms with van der Waals surface area (Å²) in [6, 6.07) is 3.79. The minimum Gasteiger partial charge on any atom is -0.397 e. The van der Waals surface area contributed by atoms with Crippen molar-refractivity contribution in [1.82, 2.24) is 14.8 Å². The number of halogens is 1. The second-order valence-electron chi connectivity index (χ2n) is 2.73. The van der Waals surface area contributed by atoms with Crippen LogP contribution in [-0.2, 0) is 0 Å². The maximum absolute atomic E-state index is 12.7. The molecule has 0 saturated carbocycles. The van der Waals surface area contributed by atoms with Crippen molar-refractivity contribution in [2.45, 2.75) is 0 Å². The first-order valence-corrected chi connectivity index (χ1v) is 3.86. The lowest BCUT2D eigenvalue weighted by molar-refractivity contribution is 0.628. The molecule has 2 aromatic rings. The summed E-state index contributed by atoms with van der Waals surface area (Å²) in [5.41, 5.74) is 5.72. The predicted octanol–water partition coefficient (Wildman–Crippen LogP) is 0.282. The number of aromatic amines is 1. The van der Waals surface area contributed by atoms with Crippen molar-refractivity contribution in [3.63, 3.8) is 0 Å². The van der Waals surface area contributed by atoms with Gasteiger partial charge >= 0.3 is 5.69 Å². The number of anilines is 1. The lowest BCUT2D eigenvalue weighted by Crippen LogP contribution is -2.15. The first kappa shape index (κ1) is 8.49. The maximum Gasteiger partial charge on any atom is 0.347 e. The van der Waals surface area contributed by atoms with Gasteiger partial charge in [-0.25, -0.2) is 18.9 Å². The molecule has 72 valence electrons. The van der Waals surface area contributed by atoms with Gasteiger partial charge in [-0.3, -0.25) is 0 Å². The van der Waals surface area contributed by atoms with E-state index in [1.54, 1.807) is 0 Å². The van der Waals surface area contributed by atoms with Gasteiger partial charge in [-0.05, 0) is 18.2 Å². The van der Waals surface area contributed by atoms with E-state index >= 15 is 0 Å². The molecule has 0 spiro atoms. The zero-order valence-corrected chi connectivity index (χ0v) is 7.07. The Kier molecular flexibility index (Phi) is 1.81. The summed E-state index contributed by atoms with van der Waals surface area (Å²) < 4.78 is 13.9. The Morgan fingerprint density at radius 1 is 1.50 bits per heavy atom. The molecular weight excluding hydrogens is 187 g/mol. The van der Waals surface area contributed by atoms with Crippen LogP contribution in [0, 0.1) is 5.82 Å². The Labute approximate surface area is 78.0 Å². The number of nitrogens with one attached hydrogen (secondary N) is 1. The van der Waals surface area contributed by atoms with E-state index in [-0.39, 0.29) is 5.69 Å². The number of H-pyrrole nitrogens is 1. The summed E-state index contributed by atoms with van der Waals surface area (Å²) in [4.78, 5) is 11.2. The average Bonchev–Trinajstić information content (AvgIpc) is 2.52. The van der Waals surface area contributed by atoms with Crippen molar-refractivity contribution in [2.75, 3.05) is 5.73 Å². The van der Waals surface area contributed by atoms with Gasteiger partial charge in [0, 0.05) is 0 Å². The molecule has 1 aromatic carbocycles. The smallest absolute Gasteiger partial charge is 0.347 e. The van der Waals surface area contributed by atoms with Gasteiger partial charge in [-0.15, -0.1) is 0 Å². The van der Waals surface area contributed by atoms with E-state index in [2.05, 4.69) is 10.2 Å². The highest BCUT2D eigenvalue weighted by molar-refractivity contribution is 5.57. The zero-order chi connectivity index (χ0) is 10.1. The molecule has 0 bridgehead atoms. The average molecular weight is 194 g/mol. The molecule has 0 radical (unpaired) electrons. The Morgan fingerprint density at radius 2 is 2.29 bits per heavy atom. The fourth-order valence-electron chi connectivity index (χ4n) is 1.16. The second-order valence-corrected chi connectivity index (χ2v) is 2.73. The van der Waals surface area contributed by atoms with Crippen LogP contribution in [0.1, 0.15) is 0 Å².